The summed E-state index contributed by atoms with van der Waals surface area (Å²) < 4.78 is 5.38. The molecule has 0 radical (unpaired) electrons. The van der Waals surface area contributed by atoms with Gasteiger partial charge in [0.1, 0.15) is 12.1 Å². The van der Waals surface area contributed by atoms with Gasteiger partial charge in [0.25, 0.3) is 5.91 Å². The van der Waals surface area contributed by atoms with E-state index in [-0.39, 0.29) is 17.6 Å². The minimum absolute atomic E-state index is 0.198. The van der Waals surface area contributed by atoms with Crippen LogP contribution >= 0.6 is 0 Å². The van der Waals surface area contributed by atoms with Crippen LogP contribution in [-0.4, -0.2) is 49.6 Å². The number of aliphatic hydroxyl groups excluding tert-OH is 1. The van der Waals surface area contributed by atoms with Crippen molar-refractivity contribution in [2.45, 2.75) is 25.5 Å². The first kappa shape index (κ1) is 16.4. The number of aromatic nitrogens is 3. The summed E-state index contributed by atoms with van der Waals surface area (Å²) in [5, 5.41) is 9.53. The monoisotopic (exact) mass is 350 g/mol. The lowest BCUT2D eigenvalue weighted by Crippen LogP contribution is -2.60. The van der Waals surface area contributed by atoms with E-state index in [4.69, 9.17) is 4.42 Å². The number of β-amino-alcohol motifs (C(OH)–C–C–N with tert-alkyl or cyclic N) is 1. The zero-order chi connectivity index (χ0) is 18.1. The van der Waals surface area contributed by atoms with Gasteiger partial charge in [-0.3, -0.25) is 4.79 Å². The van der Waals surface area contributed by atoms with Crippen LogP contribution in [0.2, 0.25) is 0 Å². The second-order valence-corrected chi connectivity index (χ2v) is 6.32. The minimum atomic E-state index is -0.471. The summed E-state index contributed by atoms with van der Waals surface area (Å²) >= 11 is 0. The molecule has 1 aliphatic rings. The quantitative estimate of drug-likeness (QED) is 0.773. The first-order valence-corrected chi connectivity index (χ1v) is 8.41. The maximum absolute atomic E-state index is 12.3. The standard InChI is InChI=1S/C19H18N4O3/c1-12-16(24)10-23(12)19(25)15-11-26-18(22-15)7-17-20-8-14(9-21-17)13-5-3-2-4-6-13/h2-6,8-9,11-12,16,24H,7,10H2,1H3/t12-,16?/m0/s1. The number of rotatable bonds is 4. The van der Waals surface area contributed by atoms with Crippen molar-refractivity contribution in [2.24, 2.45) is 0 Å². The number of oxazole rings is 1. The third kappa shape index (κ3) is 3.09. The number of carbonyl (C=O) groups is 1. The number of amides is 1. The van der Waals surface area contributed by atoms with Crippen molar-refractivity contribution < 1.29 is 14.3 Å². The van der Waals surface area contributed by atoms with Crippen LogP contribution in [0.5, 0.6) is 0 Å². The Morgan fingerprint density at radius 3 is 2.62 bits per heavy atom. The average Bonchev–Trinajstić information content (AvgIpc) is 3.15. The topological polar surface area (TPSA) is 92.3 Å². The van der Waals surface area contributed by atoms with Crippen molar-refractivity contribution in [3.63, 3.8) is 0 Å². The zero-order valence-electron chi connectivity index (χ0n) is 14.2. The lowest BCUT2D eigenvalue weighted by Gasteiger charge is -2.42. The van der Waals surface area contributed by atoms with Gasteiger partial charge in [0.05, 0.1) is 18.6 Å². The molecule has 0 saturated carbocycles. The smallest absolute Gasteiger partial charge is 0.276 e. The molecule has 4 rings (SSSR count). The van der Waals surface area contributed by atoms with E-state index in [1.807, 2.05) is 30.3 Å². The normalized spacial score (nSPS) is 19.2. The molecule has 1 fully saturated rings. The maximum Gasteiger partial charge on any atom is 0.276 e. The summed E-state index contributed by atoms with van der Waals surface area (Å²) in [6.45, 7) is 2.13. The highest BCUT2D eigenvalue weighted by Crippen LogP contribution is 2.21. The van der Waals surface area contributed by atoms with Crippen LogP contribution in [0.25, 0.3) is 11.1 Å². The van der Waals surface area contributed by atoms with E-state index in [2.05, 4.69) is 15.0 Å². The fourth-order valence-electron chi connectivity index (χ4n) is 2.86. The Morgan fingerprint density at radius 2 is 1.96 bits per heavy atom. The summed E-state index contributed by atoms with van der Waals surface area (Å²) in [5.41, 5.74) is 2.22. The molecule has 3 aromatic rings. The van der Waals surface area contributed by atoms with Gasteiger partial charge in [-0.25, -0.2) is 15.0 Å². The number of likely N-dealkylation sites (tertiary alicyclic amines) is 1. The molecule has 2 aromatic heterocycles. The predicted octanol–water partition coefficient (Wildman–Crippen LogP) is 1.93. The molecule has 7 nitrogen and oxygen atoms in total. The van der Waals surface area contributed by atoms with Gasteiger partial charge in [0, 0.05) is 24.5 Å². The van der Waals surface area contributed by atoms with E-state index in [0.717, 1.165) is 11.1 Å². The van der Waals surface area contributed by atoms with E-state index >= 15 is 0 Å². The molecule has 1 amide bonds. The molecule has 1 aromatic carbocycles. The molecular formula is C19H18N4O3. The van der Waals surface area contributed by atoms with Crippen molar-refractivity contribution in [3.05, 3.63) is 66.4 Å². The Kier molecular flexibility index (Phi) is 4.22. The SMILES string of the molecule is C[C@H]1C(O)CN1C(=O)c1coc(Cc2ncc(-c3ccccc3)cn2)n1. The van der Waals surface area contributed by atoms with Crippen molar-refractivity contribution in [1.29, 1.82) is 0 Å². The fraction of sp³-hybridized carbons (Fsp3) is 0.263. The number of carbonyl (C=O) groups excluding carboxylic acids is 1. The van der Waals surface area contributed by atoms with E-state index in [9.17, 15) is 9.90 Å². The Labute approximate surface area is 150 Å². The number of hydrogen-bond acceptors (Lipinski definition) is 6. The van der Waals surface area contributed by atoms with E-state index in [1.165, 1.54) is 6.26 Å². The fourth-order valence-corrected chi connectivity index (χ4v) is 2.86. The molecule has 3 heterocycles. The molecule has 1 unspecified atom stereocenters. The summed E-state index contributed by atoms with van der Waals surface area (Å²) in [6.07, 6.45) is 4.70. The van der Waals surface area contributed by atoms with Crippen molar-refractivity contribution in [3.8, 4) is 11.1 Å². The van der Waals surface area contributed by atoms with E-state index in [1.54, 1.807) is 24.2 Å². The van der Waals surface area contributed by atoms with E-state index < -0.39 is 6.10 Å². The highest BCUT2D eigenvalue weighted by molar-refractivity contribution is 5.92. The first-order chi connectivity index (χ1) is 12.6. The zero-order valence-corrected chi connectivity index (χ0v) is 14.2. The average molecular weight is 350 g/mol. The van der Waals surface area contributed by atoms with Gasteiger partial charge >= 0.3 is 0 Å². The first-order valence-electron chi connectivity index (χ1n) is 8.41. The van der Waals surface area contributed by atoms with Gasteiger partial charge in [-0.15, -0.1) is 0 Å². The minimum Gasteiger partial charge on any atom is -0.448 e. The second-order valence-electron chi connectivity index (χ2n) is 6.32. The summed E-state index contributed by atoms with van der Waals surface area (Å²) in [6, 6.07) is 9.69. The summed E-state index contributed by atoms with van der Waals surface area (Å²) in [5.74, 6) is 0.714. The Morgan fingerprint density at radius 1 is 1.23 bits per heavy atom. The van der Waals surface area contributed by atoms with Gasteiger partial charge in [0.2, 0.25) is 5.89 Å². The Bertz CT molecular complexity index is 908. The molecule has 1 N–H and O–H groups in total. The lowest BCUT2D eigenvalue weighted by atomic mass is 10.0. The third-order valence-electron chi connectivity index (χ3n) is 4.59. The molecule has 0 aliphatic carbocycles. The molecule has 2 atom stereocenters. The van der Waals surface area contributed by atoms with Gasteiger partial charge in [-0.05, 0) is 12.5 Å². The summed E-state index contributed by atoms with van der Waals surface area (Å²) in [7, 11) is 0. The van der Waals surface area contributed by atoms with Gasteiger partial charge in [0.15, 0.2) is 5.69 Å². The third-order valence-corrected chi connectivity index (χ3v) is 4.59. The van der Waals surface area contributed by atoms with Crippen molar-refractivity contribution >= 4 is 5.91 Å². The van der Waals surface area contributed by atoms with Crippen LogP contribution in [0.3, 0.4) is 0 Å². The van der Waals surface area contributed by atoms with Gasteiger partial charge in [-0.1, -0.05) is 30.3 Å². The van der Waals surface area contributed by atoms with Crippen LogP contribution in [0.15, 0.2) is 53.4 Å². The van der Waals surface area contributed by atoms with Gasteiger partial charge < -0.3 is 14.4 Å². The van der Waals surface area contributed by atoms with Crippen molar-refractivity contribution in [1.82, 2.24) is 19.9 Å². The molecule has 1 saturated heterocycles. The molecule has 132 valence electrons. The van der Waals surface area contributed by atoms with Crippen LogP contribution < -0.4 is 0 Å². The second kappa shape index (κ2) is 6.68. The van der Waals surface area contributed by atoms with Crippen LogP contribution in [0.4, 0.5) is 0 Å². The lowest BCUT2D eigenvalue weighted by molar-refractivity contribution is -0.0360. The molecule has 26 heavy (non-hydrogen) atoms. The predicted molar refractivity (Wildman–Crippen MR) is 93.3 cm³/mol. The highest BCUT2D eigenvalue weighted by Gasteiger charge is 2.38. The van der Waals surface area contributed by atoms with E-state index in [0.29, 0.717) is 24.7 Å². The highest BCUT2D eigenvalue weighted by atomic mass is 16.3. The number of aliphatic hydroxyl groups is 1. The summed E-state index contributed by atoms with van der Waals surface area (Å²) in [4.78, 5) is 26.8. The number of nitrogens with zero attached hydrogens (tertiary/aromatic N) is 4. The molecule has 1 aliphatic heterocycles. The molecule has 7 heteroatoms. The van der Waals surface area contributed by atoms with Crippen LogP contribution in [0.1, 0.15) is 29.1 Å². The van der Waals surface area contributed by atoms with Gasteiger partial charge in [-0.2, -0.15) is 0 Å². The molecular weight excluding hydrogens is 332 g/mol. The molecule has 0 bridgehead atoms. The molecule has 0 spiro atoms. The van der Waals surface area contributed by atoms with Crippen LogP contribution in [-0.2, 0) is 6.42 Å². The Hall–Kier alpha value is -3.06. The maximum atomic E-state index is 12.3. The largest absolute Gasteiger partial charge is 0.448 e. The number of hydrogen-bond donors (Lipinski definition) is 1. The number of benzene rings is 1. The van der Waals surface area contributed by atoms with Crippen LogP contribution in [0, 0.1) is 0 Å². The Balaban J connectivity index is 1.43. The van der Waals surface area contributed by atoms with Crippen molar-refractivity contribution in [2.75, 3.05) is 6.54 Å².